The van der Waals surface area contributed by atoms with Crippen LogP contribution in [-0.2, 0) is 6.54 Å². The Morgan fingerprint density at radius 2 is 1.74 bits per heavy atom. The summed E-state index contributed by atoms with van der Waals surface area (Å²) < 4.78 is 5.74. The maximum atomic E-state index is 5.74. The highest BCUT2D eigenvalue weighted by Gasteiger charge is 2.09. The molecule has 1 unspecified atom stereocenters. The minimum atomic E-state index is 0.374. The summed E-state index contributed by atoms with van der Waals surface area (Å²) in [5.41, 5.74) is 4.03. The fraction of sp³-hybridized carbons (Fsp3) is 0.429. The quantitative estimate of drug-likeness (QED) is 0.625. The van der Waals surface area contributed by atoms with E-state index in [-0.39, 0.29) is 0 Å². The van der Waals surface area contributed by atoms with Crippen molar-refractivity contribution in [3.63, 3.8) is 0 Å². The molecule has 0 heterocycles. The van der Waals surface area contributed by atoms with Crippen LogP contribution in [0.25, 0.3) is 0 Å². The van der Waals surface area contributed by atoms with Crippen LogP contribution in [0.4, 0.5) is 0 Å². The van der Waals surface area contributed by atoms with Gasteiger partial charge in [-0.05, 0) is 48.6 Å². The third-order valence-electron chi connectivity index (χ3n) is 4.26. The molecule has 0 saturated heterocycles. The second-order valence-electron chi connectivity index (χ2n) is 6.04. The molecule has 2 aromatic carbocycles. The summed E-state index contributed by atoms with van der Waals surface area (Å²) in [5, 5.41) is 3.67. The molecule has 0 bridgehead atoms. The van der Waals surface area contributed by atoms with Gasteiger partial charge in [0.25, 0.3) is 0 Å². The molecular formula is C21H29NO. The van der Waals surface area contributed by atoms with Crippen LogP contribution in [0.15, 0.2) is 48.5 Å². The first-order valence-corrected chi connectivity index (χ1v) is 8.75. The highest BCUT2D eigenvalue weighted by Crippen LogP contribution is 2.21. The molecule has 0 aliphatic rings. The molecule has 0 radical (unpaired) electrons. The Morgan fingerprint density at radius 1 is 1.00 bits per heavy atom. The summed E-state index contributed by atoms with van der Waals surface area (Å²) >= 11 is 0. The minimum absolute atomic E-state index is 0.374. The van der Waals surface area contributed by atoms with Crippen LogP contribution >= 0.6 is 0 Å². The number of hydrogen-bond acceptors (Lipinski definition) is 2. The lowest BCUT2D eigenvalue weighted by atomic mass is 10.0. The molecule has 2 rings (SSSR count). The monoisotopic (exact) mass is 311 g/mol. The summed E-state index contributed by atoms with van der Waals surface area (Å²) in [4.78, 5) is 0. The van der Waals surface area contributed by atoms with Gasteiger partial charge < -0.3 is 10.1 Å². The molecule has 0 aromatic heterocycles. The highest BCUT2D eigenvalue weighted by molar-refractivity contribution is 5.30. The highest BCUT2D eigenvalue weighted by atomic mass is 16.5. The van der Waals surface area contributed by atoms with E-state index in [0.29, 0.717) is 6.04 Å². The third-order valence-corrected chi connectivity index (χ3v) is 4.26. The fourth-order valence-electron chi connectivity index (χ4n) is 2.67. The van der Waals surface area contributed by atoms with Crippen molar-refractivity contribution in [2.45, 2.75) is 52.6 Å². The van der Waals surface area contributed by atoms with E-state index < -0.39 is 0 Å². The van der Waals surface area contributed by atoms with E-state index in [1.807, 2.05) is 0 Å². The van der Waals surface area contributed by atoms with Crippen LogP contribution in [-0.4, -0.2) is 6.61 Å². The van der Waals surface area contributed by atoms with Crippen LogP contribution in [0.3, 0.4) is 0 Å². The van der Waals surface area contributed by atoms with Crippen LogP contribution < -0.4 is 10.1 Å². The largest absolute Gasteiger partial charge is 0.494 e. The predicted octanol–water partition coefficient (Wildman–Crippen LogP) is 5.41. The van der Waals surface area contributed by atoms with Crippen molar-refractivity contribution in [1.82, 2.24) is 5.32 Å². The van der Waals surface area contributed by atoms with Gasteiger partial charge >= 0.3 is 0 Å². The molecule has 2 heteroatoms. The van der Waals surface area contributed by atoms with E-state index in [4.69, 9.17) is 4.74 Å². The number of unbranched alkanes of at least 4 members (excludes halogenated alkanes) is 1. The third kappa shape index (κ3) is 5.40. The molecule has 0 amide bonds. The van der Waals surface area contributed by atoms with Crippen molar-refractivity contribution < 1.29 is 4.74 Å². The lowest BCUT2D eigenvalue weighted by molar-refractivity contribution is 0.309. The maximum Gasteiger partial charge on any atom is 0.119 e. The molecule has 124 valence electrons. The van der Waals surface area contributed by atoms with Gasteiger partial charge in [0, 0.05) is 12.6 Å². The van der Waals surface area contributed by atoms with Crippen molar-refractivity contribution >= 4 is 0 Å². The molecule has 1 atom stereocenters. The smallest absolute Gasteiger partial charge is 0.119 e. The van der Waals surface area contributed by atoms with E-state index in [2.05, 4.69) is 74.6 Å². The summed E-state index contributed by atoms with van der Waals surface area (Å²) in [7, 11) is 0. The van der Waals surface area contributed by atoms with Crippen molar-refractivity contribution in [3.05, 3.63) is 65.2 Å². The molecular weight excluding hydrogens is 282 g/mol. The van der Waals surface area contributed by atoms with Gasteiger partial charge in [-0.2, -0.15) is 0 Å². The molecule has 23 heavy (non-hydrogen) atoms. The molecule has 0 aliphatic heterocycles. The molecule has 2 nitrogen and oxygen atoms in total. The Balaban J connectivity index is 1.93. The summed E-state index contributed by atoms with van der Waals surface area (Å²) in [6.07, 6.45) is 3.35. The zero-order valence-electron chi connectivity index (χ0n) is 14.6. The van der Waals surface area contributed by atoms with E-state index >= 15 is 0 Å². The molecule has 0 saturated carbocycles. The second kappa shape index (κ2) is 9.36. The second-order valence-corrected chi connectivity index (χ2v) is 6.04. The van der Waals surface area contributed by atoms with Crippen molar-refractivity contribution in [2.24, 2.45) is 0 Å². The number of hydrogen-bond donors (Lipinski definition) is 1. The zero-order valence-corrected chi connectivity index (χ0v) is 14.6. The topological polar surface area (TPSA) is 21.3 Å². The number of aryl methyl sites for hydroxylation is 1. The van der Waals surface area contributed by atoms with Gasteiger partial charge in [0.15, 0.2) is 0 Å². The molecule has 2 aromatic rings. The number of benzene rings is 2. The van der Waals surface area contributed by atoms with Crippen LogP contribution in [0.2, 0.25) is 0 Å². The van der Waals surface area contributed by atoms with Gasteiger partial charge in [-0.1, -0.05) is 56.7 Å². The average Bonchev–Trinajstić information content (AvgIpc) is 2.58. The summed E-state index contributed by atoms with van der Waals surface area (Å²) in [6, 6.07) is 17.5. The van der Waals surface area contributed by atoms with Crippen LogP contribution in [0.5, 0.6) is 5.75 Å². The Bertz CT molecular complexity index is 577. The molecule has 0 fully saturated rings. The summed E-state index contributed by atoms with van der Waals surface area (Å²) in [5.74, 6) is 0.968. The Labute approximate surface area is 140 Å². The normalized spacial score (nSPS) is 12.1. The van der Waals surface area contributed by atoms with Crippen LogP contribution in [0, 0.1) is 6.92 Å². The Kier molecular flexibility index (Phi) is 7.15. The minimum Gasteiger partial charge on any atom is -0.494 e. The van der Waals surface area contributed by atoms with Gasteiger partial charge in [-0.15, -0.1) is 0 Å². The standard InChI is InChI=1S/C21H29NO/c1-4-6-15-23-20-13-11-18(12-14-20)21(5-2)22-16-19-10-8-7-9-17(19)3/h7-14,21-22H,4-6,15-16H2,1-3H3. The fourth-order valence-corrected chi connectivity index (χ4v) is 2.67. The van der Waals surface area contributed by atoms with E-state index in [9.17, 15) is 0 Å². The van der Waals surface area contributed by atoms with Gasteiger partial charge in [-0.3, -0.25) is 0 Å². The first-order valence-electron chi connectivity index (χ1n) is 8.75. The first kappa shape index (κ1) is 17.6. The van der Waals surface area contributed by atoms with E-state index in [0.717, 1.165) is 31.7 Å². The van der Waals surface area contributed by atoms with Gasteiger partial charge in [-0.25, -0.2) is 0 Å². The van der Waals surface area contributed by atoms with E-state index in [1.54, 1.807) is 0 Å². The predicted molar refractivity (Wildman–Crippen MR) is 97.9 cm³/mol. The molecule has 1 N–H and O–H groups in total. The summed E-state index contributed by atoms with van der Waals surface area (Å²) in [6.45, 7) is 8.28. The lowest BCUT2D eigenvalue weighted by Crippen LogP contribution is -2.20. The average molecular weight is 311 g/mol. The van der Waals surface area contributed by atoms with Crippen LogP contribution in [0.1, 0.15) is 55.8 Å². The lowest BCUT2D eigenvalue weighted by Gasteiger charge is -2.19. The Hall–Kier alpha value is -1.80. The number of rotatable bonds is 9. The Morgan fingerprint density at radius 3 is 2.39 bits per heavy atom. The van der Waals surface area contributed by atoms with Gasteiger partial charge in [0.05, 0.1) is 6.61 Å². The SMILES string of the molecule is CCCCOc1ccc(C(CC)NCc2ccccc2C)cc1. The maximum absolute atomic E-state index is 5.74. The van der Waals surface area contributed by atoms with Crippen molar-refractivity contribution in [2.75, 3.05) is 6.61 Å². The number of nitrogens with one attached hydrogen (secondary N) is 1. The first-order chi connectivity index (χ1) is 11.2. The number of ether oxygens (including phenoxy) is 1. The molecule has 0 aliphatic carbocycles. The zero-order chi connectivity index (χ0) is 16.5. The van der Waals surface area contributed by atoms with Crippen molar-refractivity contribution in [3.8, 4) is 5.75 Å². The van der Waals surface area contributed by atoms with Gasteiger partial charge in [0.1, 0.15) is 5.75 Å². The van der Waals surface area contributed by atoms with E-state index in [1.165, 1.54) is 23.1 Å². The van der Waals surface area contributed by atoms with Crippen molar-refractivity contribution in [1.29, 1.82) is 0 Å². The molecule has 0 spiro atoms. The van der Waals surface area contributed by atoms with Gasteiger partial charge in [0.2, 0.25) is 0 Å².